The fraction of sp³-hybridized carbons (Fsp3) is 0.400. The lowest BCUT2D eigenvalue weighted by Gasteiger charge is -2.16. The second-order valence-electron chi connectivity index (χ2n) is 6.76. The number of carbonyl (C=O) groups excluding carboxylic acids is 1. The van der Waals surface area contributed by atoms with E-state index in [1.165, 1.54) is 5.56 Å². The van der Waals surface area contributed by atoms with E-state index in [0.717, 1.165) is 43.9 Å². The minimum absolute atomic E-state index is 0.0929. The molecule has 0 spiro atoms. The van der Waals surface area contributed by atoms with Crippen molar-refractivity contribution in [2.24, 2.45) is 5.92 Å². The van der Waals surface area contributed by atoms with Crippen LogP contribution in [0.4, 0.5) is 4.79 Å². The van der Waals surface area contributed by atoms with Gasteiger partial charge in [-0.25, -0.2) is 4.79 Å². The van der Waals surface area contributed by atoms with Crippen LogP contribution in [0.25, 0.3) is 0 Å². The summed E-state index contributed by atoms with van der Waals surface area (Å²) in [5.74, 6) is 0.508. The molecular weight excluding hydrogens is 312 g/mol. The van der Waals surface area contributed by atoms with Gasteiger partial charge < -0.3 is 10.6 Å². The normalized spacial score (nSPS) is 17.4. The summed E-state index contributed by atoms with van der Waals surface area (Å²) in [6.45, 7) is 6.29. The quantitative estimate of drug-likeness (QED) is 0.851. The first-order valence-corrected chi connectivity index (χ1v) is 8.88. The minimum atomic E-state index is -0.0929. The van der Waals surface area contributed by atoms with E-state index in [1.54, 1.807) is 0 Å². The average molecular weight is 338 g/mol. The molecule has 0 radical (unpaired) electrons. The Bertz CT molecular complexity index is 689. The Morgan fingerprint density at radius 1 is 1.24 bits per heavy atom. The maximum absolute atomic E-state index is 12.0. The number of benzene rings is 1. The molecule has 5 heteroatoms. The second kappa shape index (κ2) is 8.62. The molecule has 5 nitrogen and oxygen atoms in total. The molecule has 2 amide bonds. The molecule has 1 atom stereocenters. The number of pyridine rings is 1. The van der Waals surface area contributed by atoms with Crippen molar-refractivity contribution in [1.29, 1.82) is 0 Å². The number of aryl methyl sites for hydroxylation is 1. The predicted octanol–water partition coefficient (Wildman–Crippen LogP) is 2.71. The monoisotopic (exact) mass is 338 g/mol. The summed E-state index contributed by atoms with van der Waals surface area (Å²) < 4.78 is 0. The Kier molecular flexibility index (Phi) is 6.01. The second-order valence-corrected chi connectivity index (χ2v) is 6.76. The molecule has 132 valence electrons. The van der Waals surface area contributed by atoms with Crippen molar-refractivity contribution < 1.29 is 4.79 Å². The average Bonchev–Trinajstić information content (AvgIpc) is 3.06. The molecule has 0 aliphatic carbocycles. The van der Waals surface area contributed by atoms with Gasteiger partial charge in [0.25, 0.3) is 0 Å². The van der Waals surface area contributed by atoms with Crippen LogP contribution in [-0.2, 0) is 13.1 Å². The first-order chi connectivity index (χ1) is 12.2. The van der Waals surface area contributed by atoms with Crippen LogP contribution in [0.2, 0.25) is 0 Å². The highest BCUT2D eigenvalue weighted by molar-refractivity contribution is 5.73. The lowest BCUT2D eigenvalue weighted by atomic mass is 10.1. The lowest BCUT2D eigenvalue weighted by molar-refractivity contribution is 0.238. The zero-order valence-corrected chi connectivity index (χ0v) is 14.7. The van der Waals surface area contributed by atoms with Crippen molar-refractivity contribution in [2.45, 2.75) is 26.4 Å². The van der Waals surface area contributed by atoms with Crippen LogP contribution < -0.4 is 10.6 Å². The van der Waals surface area contributed by atoms with Gasteiger partial charge in [0.05, 0.1) is 5.69 Å². The molecule has 0 saturated carbocycles. The number of hydrogen-bond acceptors (Lipinski definition) is 3. The number of carbonyl (C=O) groups is 1. The summed E-state index contributed by atoms with van der Waals surface area (Å²) in [5.41, 5.74) is 3.43. The van der Waals surface area contributed by atoms with Crippen molar-refractivity contribution in [1.82, 2.24) is 20.5 Å². The van der Waals surface area contributed by atoms with Crippen LogP contribution in [0.1, 0.15) is 23.2 Å². The molecule has 2 heterocycles. The molecule has 3 rings (SSSR count). The highest BCUT2D eigenvalue weighted by Gasteiger charge is 2.23. The number of nitrogens with one attached hydrogen (secondary N) is 2. The van der Waals surface area contributed by atoms with E-state index in [9.17, 15) is 4.79 Å². The third-order valence-corrected chi connectivity index (χ3v) is 4.57. The Morgan fingerprint density at radius 2 is 2.16 bits per heavy atom. The van der Waals surface area contributed by atoms with Crippen molar-refractivity contribution >= 4 is 6.03 Å². The number of likely N-dealkylation sites (tertiary alicyclic amines) is 1. The SMILES string of the molecule is Cc1cccc(CNC(=O)NCC2CCN(Cc3ccccn3)C2)c1. The number of urea groups is 1. The molecular formula is C20H26N4O. The van der Waals surface area contributed by atoms with Gasteiger partial charge in [-0.3, -0.25) is 9.88 Å². The van der Waals surface area contributed by atoms with Gasteiger partial charge in [0, 0.05) is 32.4 Å². The zero-order valence-electron chi connectivity index (χ0n) is 14.7. The van der Waals surface area contributed by atoms with Gasteiger partial charge in [0.15, 0.2) is 0 Å². The molecule has 1 saturated heterocycles. The van der Waals surface area contributed by atoms with Gasteiger partial charge in [-0.15, -0.1) is 0 Å². The van der Waals surface area contributed by atoms with Crippen molar-refractivity contribution in [3.63, 3.8) is 0 Å². The smallest absolute Gasteiger partial charge is 0.315 e. The third-order valence-electron chi connectivity index (χ3n) is 4.57. The first kappa shape index (κ1) is 17.4. The van der Waals surface area contributed by atoms with E-state index in [-0.39, 0.29) is 6.03 Å². The molecule has 0 bridgehead atoms. The van der Waals surface area contributed by atoms with Gasteiger partial charge in [-0.2, -0.15) is 0 Å². The number of nitrogens with zero attached hydrogens (tertiary/aromatic N) is 2. The van der Waals surface area contributed by atoms with Crippen LogP contribution >= 0.6 is 0 Å². The van der Waals surface area contributed by atoms with E-state index >= 15 is 0 Å². The molecule has 2 aromatic rings. The largest absolute Gasteiger partial charge is 0.338 e. The summed E-state index contributed by atoms with van der Waals surface area (Å²) in [4.78, 5) is 18.8. The Hall–Kier alpha value is -2.40. The predicted molar refractivity (Wildman–Crippen MR) is 99.0 cm³/mol. The summed E-state index contributed by atoms with van der Waals surface area (Å²) >= 11 is 0. The Morgan fingerprint density at radius 3 is 2.96 bits per heavy atom. The first-order valence-electron chi connectivity index (χ1n) is 8.88. The highest BCUT2D eigenvalue weighted by Crippen LogP contribution is 2.17. The van der Waals surface area contributed by atoms with Crippen LogP contribution in [0, 0.1) is 12.8 Å². The topological polar surface area (TPSA) is 57.3 Å². The highest BCUT2D eigenvalue weighted by atomic mass is 16.2. The molecule has 1 fully saturated rings. The maximum Gasteiger partial charge on any atom is 0.315 e. The maximum atomic E-state index is 12.0. The van der Waals surface area contributed by atoms with Crippen molar-refractivity contribution in [3.8, 4) is 0 Å². The zero-order chi connectivity index (χ0) is 17.5. The molecule has 1 aromatic heterocycles. The lowest BCUT2D eigenvalue weighted by Crippen LogP contribution is -2.38. The standard InChI is InChI=1S/C20H26N4O/c1-16-5-4-6-17(11-16)12-22-20(25)23-13-18-8-10-24(14-18)15-19-7-2-3-9-21-19/h2-7,9,11,18H,8,10,12-15H2,1H3,(H2,22,23,25). The van der Waals surface area contributed by atoms with Gasteiger partial charge in [0.1, 0.15) is 0 Å². The fourth-order valence-electron chi connectivity index (χ4n) is 3.25. The van der Waals surface area contributed by atoms with Crippen LogP contribution in [0.3, 0.4) is 0 Å². The molecule has 1 unspecified atom stereocenters. The molecule has 1 aliphatic rings. The van der Waals surface area contributed by atoms with Gasteiger partial charge >= 0.3 is 6.03 Å². The van der Waals surface area contributed by atoms with E-state index in [2.05, 4.69) is 45.6 Å². The summed E-state index contributed by atoms with van der Waals surface area (Å²) in [5, 5.41) is 5.93. The summed E-state index contributed by atoms with van der Waals surface area (Å²) in [6, 6.07) is 14.1. The van der Waals surface area contributed by atoms with E-state index < -0.39 is 0 Å². The minimum Gasteiger partial charge on any atom is -0.338 e. The van der Waals surface area contributed by atoms with Crippen molar-refractivity contribution in [2.75, 3.05) is 19.6 Å². The van der Waals surface area contributed by atoms with Crippen molar-refractivity contribution in [3.05, 3.63) is 65.5 Å². The van der Waals surface area contributed by atoms with Gasteiger partial charge in [-0.1, -0.05) is 35.9 Å². The molecule has 1 aliphatic heterocycles. The molecule has 25 heavy (non-hydrogen) atoms. The van der Waals surface area contributed by atoms with Crippen LogP contribution in [-0.4, -0.2) is 35.5 Å². The van der Waals surface area contributed by atoms with E-state index in [0.29, 0.717) is 12.5 Å². The van der Waals surface area contributed by atoms with Crippen LogP contribution in [0.5, 0.6) is 0 Å². The number of hydrogen-bond donors (Lipinski definition) is 2. The molecule has 2 N–H and O–H groups in total. The Balaban J connectivity index is 1.35. The van der Waals surface area contributed by atoms with Gasteiger partial charge in [-0.05, 0) is 43.5 Å². The van der Waals surface area contributed by atoms with Crippen LogP contribution in [0.15, 0.2) is 48.7 Å². The summed E-state index contributed by atoms with van der Waals surface area (Å²) in [6.07, 6.45) is 2.95. The van der Waals surface area contributed by atoms with E-state index in [4.69, 9.17) is 0 Å². The number of aromatic nitrogens is 1. The summed E-state index contributed by atoms with van der Waals surface area (Å²) in [7, 11) is 0. The number of rotatable bonds is 6. The molecule has 1 aromatic carbocycles. The third kappa shape index (κ3) is 5.57. The van der Waals surface area contributed by atoms with Gasteiger partial charge in [0.2, 0.25) is 0 Å². The number of amides is 2. The fourth-order valence-corrected chi connectivity index (χ4v) is 3.25. The Labute approximate surface area is 149 Å². The van der Waals surface area contributed by atoms with E-state index in [1.807, 2.05) is 30.5 Å².